The van der Waals surface area contributed by atoms with Gasteiger partial charge in [-0.05, 0) is 39.5 Å². The molecule has 1 N–H and O–H groups in total. The number of esters is 2. The van der Waals surface area contributed by atoms with Crippen LogP contribution < -0.4 is 0 Å². The summed E-state index contributed by atoms with van der Waals surface area (Å²) in [5.74, 6) is -0.729. The van der Waals surface area contributed by atoms with E-state index >= 15 is 0 Å². The second-order valence-corrected chi connectivity index (χ2v) is 7.41. The molecule has 126 valence electrons. The molecular formula is C17H28O5. The molecule has 5 nitrogen and oxygen atoms in total. The van der Waals surface area contributed by atoms with E-state index in [-0.39, 0.29) is 19.2 Å². The van der Waals surface area contributed by atoms with Crippen LogP contribution in [0.25, 0.3) is 0 Å². The Morgan fingerprint density at radius 1 is 1.32 bits per heavy atom. The molecule has 1 aliphatic rings. The van der Waals surface area contributed by atoms with Crippen molar-refractivity contribution < 1.29 is 24.2 Å². The van der Waals surface area contributed by atoms with Gasteiger partial charge in [0.25, 0.3) is 0 Å². The SMILES string of the molecule is C=C(C)C(=O)OCC(C)(C)COC(=O)C1(C)CCCC(O)C1. The van der Waals surface area contributed by atoms with Crippen LogP contribution in [0.3, 0.4) is 0 Å². The van der Waals surface area contributed by atoms with Crippen LogP contribution in [-0.4, -0.2) is 36.4 Å². The zero-order valence-electron chi connectivity index (χ0n) is 14.1. The van der Waals surface area contributed by atoms with Crippen molar-refractivity contribution in [3.63, 3.8) is 0 Å². The molecule has 0 aromatic carbocycles. The molecule has 5 heteroatoms. The summed E-state index contributed by atoms with van der Waals surface area (Å²) in [6, 6.07) is 0. The van der Waals surface area contributed by atoms with Gasteiger partial charge >= 0.3 is 11.9 Å². The molecule has 0 aromatic rings. The van der Waals surface area contributed by atoms with Crippen molar-refractivity contribution in [2.24, 2.45) is 10.8 Å². The predicted octanol–water partition coefficient (Wildman–Crippen LogP) is 2.62. The highest BCUT2D eigenvalue weighted by molar-refractivity contribution is 5.86. The summed E-state index contributed by atoms with van der Waals surface area (Å²) in [5.41, 5.74) is -0.747. The normalized spacial score (nSPS) is 25.4. The molecule has 2 unspecified atom stereocenters. The predicted molar refractivity (Wildman–Crippen MR) is 83.1 cm³/mol. The van der Waals surface area contributed by atoms with Crippen molar-refractivity contribution in [2.75, 3.05) is 13.2 Å². The molecule has 0 amide bonds. The minimum Gasteiger partial charge on any atom is -0.465 e. The summed E-state index contributed by atoms with van der Waals surface area (Å²) in [6.45, 7) is 11.0. The van der Waals surface area contributed by atoms with Gasteiger partial charge in [-0.2, -0.15) is 0 Å². The first-order valence-corrected chi connectivity index (χ1v) is 7.74. The maximum atomic E-state index is 12.3. The maximum absolute atomic E-state index is 12.3. The van der Waals surface area contributed by atoms with Crippen LogP contribution in [0.1, 0.15) is 53.4 Å². The first kappa shape index (κ1) is 18.7. The Balaban J connectivity index is 2.47. The fourth-order valence-corrected chi connectivity index (χ4v) is 2.50. The van der Waals surface area contributed by atoms with Crippen molar-refractivity contribution in [1.29, 1.82) is 0 Å². The van der Waals surface area contributed by atoms with Crippen molar-refractivity contribution in [2.45, 2.75) is 59.5 Å². The van der Waals surface area contributed by atoms with Gasteiger partial charge < -0.3 is 14.6 Å². The largest absolute Gasteiger partial charge is 0.465 e. The van der Waals surface area contributed by atoms with Gasteiger partial charge in [0.15, 0.2) is 0 Å². The molecule has 0 saturated heterocycles. The zero-order chi connectivity index (χ0) is 17.0. The lowest BCUT2D eigenvalue weighted by Gasteiger charge is -2.35. The van der Waals surface area contributed by atoms with E-state index in [2.05, 4.69) is 6.58 Å². The summed E-state index contributed by atoms with van der Waals surface area (Å²) in [5, 5.41) is 9.75. The fraction of sp³-hybridized carbons (Fsp3) is 0.765. The molecule has 0 spiro atoms. The number of aliphatic hydroxyl groups is 1. The van der Waals surface area contributed by atoms with Crippen LogP contribution >= 0.6 is 0 Å². The number of carbonyl (C=O) groups excluding carboxylic acids is 2. The van der Waals surface area contributed by atoms with Gasteiger partial charge in [-0.1, -0.05) is 20.4 Å². The Morgan fingerprint density at radius 2 is 1.91 bits per heavy atom. The Kier molecular flexibility index (Phi) is 6.17. The quantitative estimate of drug-likeness (QED) is 0.603. The maximum Gasteiger partial charge on any atom is 0.333 e. The lowest BCUT2D eigenvalue weighted by atomic mass is 9.74. The van der Waals surface area contributed by atoms with Crippen LogP contribution in [0.4, 0.5) is 0 Å². The highest BCUT2D eigenvalue weighted by Crippen LogP contribution is 2.37. The Hall–Kier alpha value is -1.36. The van der Waals surface area contributed by atoms with Crippen LogP contribution in [0, 0.1) is 10.8 Å². The van der Waals surface area contributed by atoms with Crippen molar-refractivity contribution in [3.05, 3.63) is 12.2 Å². The smallest absolute Gasteiger partial charge is 0.333 e. The second-order valence-electron chi connectivity index (χ2n) is 7.41. The monoisotopic (exact) mass is 312 g/mol. The number of carbonyl (C=O) groups is 2. The third kappa shape index (κ3) is 5.44. The molecule has 1 aliphatic carbocycles. The van der Waals surface area contributed by atoms with Gasteiger partial charge in [-0.15, -0.1) is 0 Å². The van der Waals surface area contributed by atoms with Gasteiger partial charge in [0.1, 0.15) is 0 Å². The molecule has 0 aromatic heterocycles. The van der Waals surface area contributed by atoms with Crippen molar-refractivity contribution >= 4 is 11.9 Å². The van der Waals surface area contributed by atoms with Gasteiger partial charge in [-0.25, -0.2) is 4.79 Å². The topological polar surface area (TPSA) is 72.8 Å². The van der Waals surface area contributed by atoms with E-state index in [1.54, 1.807) is 6.92 Å². The third-order valence-electron chi connectivity index (χ3n) is 3.98. The van der Waals surface area contributed by atoms with Crippen molar-refractivity contribution in [3.8, 4) is 0 Å². The highest BCUT2D eigenvalue weighted by atomic mass is 16.5. The molecular weight excluding hydrogens is 284 g/mol. The van der Waals surface area contributed by atoms with Crippen LogP contribution in [0.5, 0.6) is 0 Å². The number of hydrogen-bond donors (Lipinski definition) is 1. The third-order valence-corrected chi connectivity index (χ3v) is 3.98. The van der Waals surface area contributed by atoms with Gasteiger partial charge in [-0.3, -0.25) is 4.79 Å². The highest BCUT2D eigenvalue weighted by Gasteiger charge is 2.40. The van der Waals surface area contributed by atoms with Gasteiger partial charge in [0.2, 0.25) is 0 Å². The second kappa shape index (κ2) is 7.27. The minimum absolute atomic E-state index is 0.158. The number of aliphatic hydroxyl groups excluding tert-OH is 1. The molecule has 0 bridgehead atoms. The first-order valence-electron chi connectivity index (χ1n) is 7.74. The summed E-state index contributed by atoms with van der Waals surface area (Å²) >= 11 is 0. The number of rotatable bonds is 6. The first-order chi connectivity index (χ1) is 10.1. The molecule has 1 rings (SSSR count). The lowest BCUT2D eigenvalue weighted by molar-refractivity contribution is -0.164. The molecule has 22 heavy (non-hydrogen) atoms. The molecule has 1 fully saturated rings. The van der Waals surface area contributed by atoms with Crippen LogP contribution in [-0.2, 0) is 19.1 Å². The number of ether oxygens (including phenoxy) is 2. The van der Waals surface area contributed by atoms with Crippen molar-refractivity contribution in [1.82, 2.24) is 0 Å². The Labute approximate surface area is 132 Å². The van der Waals surface area contributed by atoms with E-state index in [0.717, 1.165) is 19.3 Å². The summed E-state index contributed by atoms with van der Waals surface area (Å²) in [6.07, 6.45) is 2.30. The fourth-order valence-electron chi connectivity index (χ4n) is 2.50. The van der Waals surface area contributed by atoms with E-state index in [0.29, 0.717) is 12.0 Å². The molecule has 2 atom stereocenters. The van der Waals surface area contributed by atoms with E-state index in [1.165, 1.54) is 0 Å². The molecule has 1 saturated carbocycles. The van der Waals surface area contributed by atoms with Crippen LogP contribution in [0.2, 0.25) is 0 Å². The summed E-state index contributed by atoms with van der Waals surface area (Å²) < 4.78 is 10.5. The number of hydrogen-bond acceptors (Lipinski definition) is 5. The lowest BCUT2D eigenvalue weighted by Crippen LogP contribution is -2.39. The molecule has 0 radical (unpaired) electrons. The Bertz CT molecular complexity index is 440. The van der Waals surface area contributed by atoms with E-state index in [9.17, 15) is 14.7 Å². The summed E-state index contributed by atoms with van der Waals surface area (Å²) in [7, 11) is 0. The van der Waals surface area contributed by atoms with E-state index in [1.807, 2.05) is 20.8 Å². The summed E-state index contributed by atoms with van der Waals surface area (Å²) in [4.78, 5) is 23.7. The van der Waals surface area contributed by atoms with Gasteiger partial charge in [0.05, 0.1) is 24.7 Å². The minimum atomic E-state index is -0.623. The van der Waals surface area contributed by atoms with Crippen LogP contribution in [0.15, 0.2) is 12.2 Å². The average Bonchev–Trinajstić information content (AvgIpc) is 2.42. The Morgan fingerprint density at radius 3 is 2.45 bits per heavy atom. The average molecular weight is 312 g/mol. The van der Waals surface area contributed by atoms with Gasteiger partial charge in [0, 0.05) is 11.0 Å². The zero-order valence-corrected chi connectivity index (χ0v) is 14.1. The van der Waals surface area contributed by atoms with E-state index < -0.39 is 22.9 Å². The molecule has 0 heterocycles. The molecule has 0 aliphatic heterocycles. The standard InChI is InChI=1S/C17H28O5/c1-12(2)14(19)21-10-16(3,4)11-22-15(20)17(5)8-6-7-13(18)9-17/h13,18H,1,6-11H2,2-5H3. The van der Waals surface area contributed by atoms with E-state index in [4.69, 9.17) is 9.47 Å².